The van der Waals surface area contributed by atoms with E-state index < -0.39 is 0 Å². The quantitative estimate of drug-likeness (QED) is 0.686. The Morgan fingerprint density at radius 2 is 2.07 bits per heavy atom. The molecule has 0 atom stereocenters. The van der Waals surface area contributed by atoms with Gasteiger partial charge in [-0.15, -0.1) is 11.7 Å². The summed E-state index contributed by atoms with van der Waals surface area (Å²) in [5.41, 5.74) is 1.98. The van der Waals surface area contributed by atoms with Crippen LogP contribution in [-0.2, 0) is 6.54 Å². The third-order valence-electron chi connectivity index (χ3n) is 1.92. The van der Waals surface area contributed by atoms with Gasteiger partial charge in [0.2, 0.25) is 0 Å². The molecule has 1 heterocycles. The van der Waals surface area contributed by atoms with E-state index in [9.17, 15) is 0 Å². The molecular formula is C11H11N3. The van der Waals surface area contributed by atoms with Crippen LogP contribution in [0.15, 0.2) is 49.2 Å². The highest BCUT2D eigenvalue weighted by Crippen LogP contribution is 2.14. The van der Waals surface area contributed by atoms with Crippen LogP contribution in [-0.4, -0.2) is 15.0 Å². The minimum atomic E-state index is 0.694. The van der Waals surface area contributed by atoms with Gasteiger partial charge in [-0.05, 0) is 0 Å². The molecular weight excluding hydrogens is 174 g/mol. The highest BCUT2D eigenvalue weighted by Gasteiger charge is 2.00. The molecule has 2 aromatic rings. The van der Waals surface area contributed by atoms with E-state index in [0.29, 0.717) is 6.54 Å². The molecule has 14 heavy (non-hydrogen) atoms. The van der Waals surface area contributed by atoms with E-state index in [-0.39, 0.29) is 0 Å². The van der Waals surface area contributed by atoms with Gasteiger partial charge in [0.05, 0.1) is 12.7 Å². The number of hydrogen-bond acceptors (Lipinski definition) is 2. The lowest BCUT2D eigenvalue weighted by atomic mass is 10.2. The molecule has 1 aromatic carbocycles. The molecule has 0 bridgehead atoms. The van der Waals surface area contributed by atoms with Crippen molar-refractivity contribution in [3.63, 3.8) is 0 Å². The van der Waals surface area contributed by atoms with Crippen molar-refractivity contribution in [3.05, 3.63) is 49.2 Å². The topological polar surface area (TPSA) is 30.7 Å². The molecule has 0 aliphatic heterocycles. The molecule has 0 aliphatic rings. The lowest BCUT2D eigenvalue weighted by molar-refractivity contribution is 0.662. The summed E-state index contributed by atoms with van der Waals surface area (Å²) in [6.45, 7) is 4.34. The zero-order valence-electron chi connectivity index (χ0n) is 7.80. The van der Waals surface area contributed by atoms with Crippen molar-refractivity contribution < 1.29 is 0 Å². The van der Waals surface area contributed by atoms with Gasteiger partial charge in [-0.25, -0.2) is 4.68 Å². The maximum absolute atomic E-state index is 4.07. The molecule has 0 spiro atoms. The van der Waals surface area contributed by atoms with E-state index in [1.165, 1.54) is 0 Å². The average molecular weight is 185 g/mol. The van der Waals surface area contributed by atoms with E-state index in [2.05, 4.69) is 16.9 Å². The average Bonchev–Trinajstić information content (AvgIpc) is 2.68. The maximum Gasteiger partial charge on any atom is 0.113 e. The number of hydrogen-bond donors (Lipinski definition) is 0. The maximum atomic E-state index is 4.07. The largest absolute Gasteiger partial charge is 0.248 e. The molecule has 0 amide bonds. The molecule has 0 saturated heterocycles. The van der Waals surface area contributed by atoms with Crippen molar-refractivity contribution in [2.45, 2.75) is 6.54 Å². The second kappa shape index (κ2) is 3.87. The van der Waals surface area contributed by atoms with Gasteiger partial charge in [0.25, 0.3) is 0 Å². The van der Waals surface area contributed by atoms with Crippen molar-refractivity contribution >= 4 is 0 Å². The predicted octanol–water partition coefficient (Wildman–Crippen LogP) is 2.13. The molecule has 70 valence electrons. The van der Waals surface area contributed by atoms with Gasteiger partial charge in [-0.3, -0.25) is 0 Å². The summed E-state index contributed by atoms with van der Waals surface area (Å²) in [6, 6.07) is 9.99. The Hall–Kier alpha value is -1.90. The zero-order valence-corrected chi connectivity index (χ0v) is 7.80. The first-order valence-electron chi connectivity index (χ1n) is 4.46. The summed E-state index contributed by atoms with van der Waals surface area (Å²) in [7, 11) is 0. The summed E-state index contributed by atoms with van der Waals surface area (Å²) < 4.78 is 1.76. The lowest BCUT2D eigenvalue weighted by Crippen LogP contribution is -1.94. The molecule has 3 heteroatoms. The molecule has 0 fully saturated rings. The third-order valence-corrected chi connectivity index (χ3v) is 1.92. The van der Waals surface area contributed by atoms with Crippen LogP contribution in [0.2, 0.25) is 0 Å². The van der Waals surface area contributed by atoms with Gasteiger partial charge in [0.1, 0.15) is 5.69 Å². The van der Waals surface area contributed by atoms with E-state index in [4.69, 9.17) is 0 Å². The zero-order chi connectivity index (χ0) is 9.80. The number of aromatic nitrogens is 3. The Morgan fingerprint density at radius 3 is 2.79 bits per heavy atom. The fraction of sp³-hybridized carbons (Fsp3) is 0.0909. The second-order valence-electron chi connectivity index (χ2n) is 2.98. The van der Waals surface area contributed by atoms with Crippen LogP contribution in [0.3, 0.4) is 0 Å². The second-order valence-corrected chi connectivity index (χ2v) is 2.98. The summed E-state index contributed by atoms with van der Waals surface area (Å²) >= 11 is 0. The van der Waals surface area contributed by atoms with Crippen molar-refractivity contribution in [1.29, 1.82) is 0 Å². The van der Waals surface area contributed by atoms with E-state index in [1.807, 2.05) is 36.5 Å². The van der Waals surface area contributed by atoms with Crippen molar-refractivity contribution in [1.82, 2.24) is 15.0 Å². The van der Waals surface area contributed by atoms with Crippen LogP contribution in [0.5, 0.6) is 0 Å². The Labute approximate surface area is 82.7 Å². The molecule has 0 unspecified atom stereocenters. The molecule has 2 rings (SSSR count). The number of allylic oxidation sites excluding steroid dienone is 1. The predicted molar refractivity (Wildman–Crippen MR) is 55.7 cm³/mol. The normalized spacial score (nSPS) is 10.0. The van der Waals surface area contributed by atoms with Gasteiger partial charge in [0.15, 0.2) is 0 Å². The fourth-order valence-electron chi connectivity index (χ4n) is 1.26. The number of benzene rings is 1. The molecule has 0 radical (unpaired) electrons. The number of nitrogens with zero attached hydrogens (tertiary/aromatic N) is 3. The third kappa shape index (κ3) is 1.71. The van der Waals surface area contributed by atoms with Crippen LogP contribution in [0.25, 0.3) is 11.3 Å². The van der Waals surface area contributed by atoms with Gasteiger partial charge in [-0.1, -0.05) is 41.6 Å². The number of rotatable bonds is 3. The summed E-state index contributed by atoms with van der Waals surface area (Å²) in [6.07, 6.45) is 3.71. The van der Waals surface area contributed by atoms with Crippen molar-refractivity contribution in [2.24, 2.45) is 0 Å². The van der Waals surface area contributed by atoms with Gasteiger partial charge in [0, 0.05) is 5.56 Å². The standard InChI is InChI=1S/C11H11N3/c1-2-8-14-9-11(12-13-14)10-6-4-3-5-7-10/h2-7,9H,1,8H2. The smallest absolute Gasteiger partial charge is 0.113 e. The molecule has 3 nitrogen and oxygen atoms in total. The van der Waals surface area contributed by atoms with Crippen LogP contribution >= 0.6 is 0 Å². The van der Waals surface area contributed by atoms with Crippen LogP contribution < -0.4 is 0 Å². The minimum absolute atomic E-state index is 0.694. The fourth-order valence-corrected chi connectivity index (χ4v) is 1.26. The SMILES string of the molecule is C=CCn1cc(-c2ccccc2)nn1. The summed E-state index contributed by atoms with van der Waals surface area (Å²) in [5, 5.41) is 8.05. The van der Waals surface area contributed by atoms with Gasteiger partial charge >= 0.3 is 0 Å². The summed E-state index contributed by atoms with van der Waals surface area (Å²) in [4.78, 5) is 0. The first-order valence-corrected chi connectivity index (χ1v) is 4.46. The molecule has 0 N–H and O–H groups in total. The van der Waals surface area contributed by atoms with E-state index >= 15 is 0 Å². The van der Waals surface area contributed by atoms with Crippen molar-refractivity contribution in [3.8, 4) is 11.3 Å². The summed E-state index contributed by atoms with van der Waals surface area (Å²) in [5.74, 6) is 0. The van der Waals surface area contributed by atoms with Crippen LogP contribution in [0, 0.1) is 0 Å². The van der Waals surface area contributed by atoms with Gasteiger partial charge < -0.3 is 0 Å². The highest BCUT2D eigenvalue weighted by atomic mass is 15.4. The van der Waals surface area contributed by atoms with Crippen molar-refractivity contribution in [2.75, 3.05) is 0 Å². The Kier molecular flexibility index (Phi) is 2.40. The molecule has 1 aromatic heterocycles. The Morgan fingerprint density at radius 1 is 1.29 bits per heavy atom. The van der Waals surface area contributed by atoms with Crippen LogP contribution in [0.4, 0.5) is 0 Å². The monoisotopic (exact) mass is 185 g/mol. The minimum Gasteiger partial charge on any atom is -0.248 e. The van der Waals surface area contributed by atoms with E-state index in [0.717, 1.165) is 11.3 Å². The first-order chi connectivity index (χ1) is 6.90. The highest BCUT2D eigenvalue weighted by molar-refractivity contribution is 5.57. The first kappa shape index (κ1) is 8.69. The van der Waals surface area contributed by atoms with Crippen LogP contribution in [0.1, 0.15) is 0 Å². The Bertz CT molecular complexity index is 417. The lowest BCUT2D eigenvalue weighted by Gasteiger charge is -1.92. The molecule has 0 aliphatic carbocycles. The Balaban J connectivity index is 2.29. The van der Waals surface area contributed by atoms with E-state index in [1.54, 1.807) is 10.8 Å². The molecule has 0 saturated carbocycles. The van der Waals surface area contributed by atoms with Gasteiger partial charge in [-0.2, -0.15) is 0 Å².